The Hall–Kier alpha value is -0.560. The minimum Gasteiger partial charge on any atom is -0.388 e. The summed E-state index contributed by atoms with van der Waals surface area (Å²) < 4.78 is 2.14. The van der Waals surface area contributed by atoms with Crippen LogP contribution in [0.15, 0.2) is 6.20 Å². The molecule has 0 amide bonds. The van der Waals surface area contributed by atoms with E-state index in [4.69, 9.17) is 0 Å². The van der Waals surface area contributed by atoms with Gasteiger partial charge in [-0.05, 0) is 27.0 Å². The SMILES string of the molecule is CSCC(C)(O)CNCc1c(C)nc2sc(C)cn12. The Morgan fingerprint density at radius 1 is 1.53 bits per heavy atom. The summed E-state index contributed by atoms with van der Waals surface area (Å²) >= 11 is 3.37. The molecule has 0 fully saturated rings. The van der Waals surface area contributed by atoms with Crippen LogP contribution >= 0.6 is 23.1 Å². The second-order valence-electron chi connectivity index (χ2n) is 5.17. The molecule has 2 N–H and O–H groups in total. The Morgan fingerprint density at radius 3 is 2.95 bits per heavy atom. The van der Waals surface area contributed by atoms with Gasteiger partial charge in [0.2, 0.25) is 0 Å². The summed E-state index contributed by atoms with van der Waals surface area (Å²) in [5.41, 5.74) is 1.57. The van der Waals surface area contributed by atoms with Gasteiger partial charge in [-0.2, -0.15) is 11.8 Å². The Kier molecular flexibility index (Phi) is 4.55. The fourth-order valence-corrected chi connectivity index (χ4v) is 3.75. The highest BCUT2D eigenvalue weighted by atomic mass is 32.2. The second kappa shape index (κ2) is 5.83. The Morgan fingerprint density at radius 2 is 2.26 bits per heavy atom. The maximum absolute atomic E-state index is 10.1. The molecule has 0 spiro atoms. The topological polar surface area (TPSA) is 49.6 Å². The van der Waals surface area contributed by atoms with Gasteiger partial charge >= 0.3 is 0 Å². The molecule has 0 bridgehead atoms. The summed E-state index contributed by atoms with van der Waals surface area (Å²) in [7, 11) is 0. The lowest BCUT2D eigenvalue weighted by Gasteiger charge is -2.22. The fraction of sp³-hybridized carbons (Fsp3) is 0.615. The number of hydrogen-bond donors (Lipinski definition) is 2. The molecule has 2 aromatic heterocycles. The summed E-state index contributed by atoms with van der Waals surface area (Å²) in [4.78, 5) is 6.87. The molecule has 106 valence electrons. The second-order valence-corrected chi connectivity index (χ2v) is 7.25. The predicted octanol–water partition coefficient (Wildman–Crippen LogP) is 2.22. The van der Waals surface area contributed by atoms with E-state index in [0.29, 0.717) is 6.54 Å². The molecule has 19 heavy (non-hydrogen) atoms. The predicted molar refractivity (Wildman–Crippen MR) is 83.3 cm³/mol. The van der Waals surface area contributed by atoms with Crippen LogP contribution in [0.4, 0.5) is 0 Å². The van der Waals surface area contributed by atoms with Gasteiger partial charge in [-0.15, -0.1) is 11.3 Å². The van der Waals surface area contributed by atoms with Crippen molar-refractivity contribution in [3.8, 4) is 0 Å². The molecule has 2 heterocycles. The quantitative estimate of drug-likeness (QED) is 0.859. The van der Waals surface area contributed by atoms with Gasteiger partial charge in [0.05, 0.1) is 17.0 Å². The van der Waals surface area contributed by atoms with E-state index in [9.17, 15) is 5.11 Å². The minimum atomic E-state index is -0.665. The smallest absolute Gasteiger partial charge is 0.194 e. The number of nitrogens with zero attached hydrogens (tertiary/aromatic N) is 2. The van der Waals surface area contributed by atoms with Gasteiger partial charge in [0.25, 0.3) is 0 Å². The summed E-state index contributed by atoms with van der Waals surface area (Å²) in [5.74, 6) is 0.734. The number of fused-ring (bicyclic) bond motifs is 1. The van der Waals surface area contributed by atoms with Gasteiger partial charge in [-0.1, -0.05) is 0 Å². The van der Waals surface area contributed by atoms with Gasteiger partial charge in [0.15, 0.2) is 4.96 Å². The third-order valence-corrected chi connectivity index (χ3v) is 4.80. The number of aliphatic hydroxyl groups is 1. The zero-order valence-corrected chi connectivity index (χ0v) is 13.5. The van der Waals surface area contributed by atoms with E-state index in [2.05, 4.69) is 27.8 Å². The lowest BCUT2D eigenvalue weighted by atomic mass is 10.1. The Bertz CT molecular complexity index is 559. The van der Waals surface area contributed by atoms with Gasteiger partial charge in [0.1, 0.15) is 0 Å². The first-order valence-electron chi connectivity index (χ1n) is 6.29. The molecule has 2 aromatic rings. The number of aromatic nitrogens is 2. The molecular formula is C13H21N3OS2. The number of imidazole rings is 1. The van der Waals surface area contributed by atoms with E-state index in [0.717, 1.165) is 23.0 Å². The van der Waals surface area contributed by atoms with Crippen molar-refractivity contribution in [1.82, 2.24) is 14.7 Å². The average molecular weight is 299 g/mol. The minimum absolute atomic E-state index is 0.587. The Labute approximate surface area is 122 Å². The van der Waals surface area contributed by atoms with Gasteiger partial charge in [-0.25, -0.2) is 4.98 Å². The van der Waals surface area contributed by atoms with Crippen LogP contribution in [0, 0.1) is 13.8 Å². The van der Waals surface area contributed by atoms with Crippen LogP contribution in [0.2, 0.25) is 0 Å². The van der Waals surface area contributed by atoms with Crippen molar-refractivity contribution in [1.29, 1.82) is 0 Å². The van der Waals surface area contributed by atoms with Crippen LogP contribution in [-0.4, -0.2) is 38.6 Å². The van der Waals surface area contributed by atoms with Crippen molar-refractivity contribution in [2.24, 2.45) is 0 Å². The maximum atomic E-state index is 10.1. The van der Waals surface area contributed by atoms with Crippen LogP contribution in [0.25, 0.3) is 4.96 Å². The molecule has 0 aromatic carbocycles. The third kappa shape index (κ3) is 3.51. The van der Waals surface area contributed by atoms with Crippen molar-refractivity contribution in [2.75, 3.05) is 18.6 Å². The van der Waals surface area contributed by atoms with Gasteiger partial charge in [-0.3, -0.25) is 4.40 Å². The van der Waals surface area contributed by atoms with E-state index >= 15 is 0 Å². The van der Waals surface area contributed by atoms with Crippen LogP contribution in [0.3, 0.4) is 0 Å². The normalized spacial score (nSPS) is 15.0. The standard InChI is InChI=1S/C13H21N3OS2/c1-9-6-16-11(10(2)15-12(16)19-9)5-14-7-13(3,17)8-18-4/h6,14,17H,5,7-8H2,1-4H3. The van der Waals surface area contributed by atoms with Crippen molar-refractivity contribution in [3.05, 3.63) is 22.5 Å². The number of hydrogen-bond acceptors (Lipinski definition) is 5. The van der Waals surface area contributed by atoms with E-state index in [-0.39, 0.29) is 0 Å². The summed E-state index contributed by atoms with van der Waals surface area (Å²) in [6.45, 7) is 7.31. The zero-order valence-electron chi connectivity index (χ0n) is 11.9. The van der Waals surface area contributed by atoms with Gasteiger partial charge < -0.3 is 10.4 Å². The zero-order chi connectivity index (χ0) is 14.0. The molecule has 0 aliphatic heterocycles. The molecule has 6 heteroatoms. The van der Waals surface area contributed by atoms with Crippen molar-refractivity contribution in [3.63, 3.8) is 0 Å². The highest BCUT2D eigenvalue weighted by molar-refractivity contribution is 7.98. The summed E-state index contributed by atoms with van der Waals surface area (Å²) in [5, 5.41) is 13.5. The van der Waals surface area contributed by atoms with Crippen LogP contribution in [0.1, 0.15) is 23.2 Å². The molecule has 0 radical (unpaired) electrons. The van der Waals surface area contributed by atoms with Crippen LogP contribution < -0.4 is 5.32 Å². The highest BCUT2D eigenvalue weighted by Gasteiger charge is 2.19. The number of thioether (sulfide) groups is 1. The lowest BCUT2D eigenvalue weighted by Crippen LogP contribution is -2.39. The fourth-order valence-electron chi connectivity index (χ4n) is 2.13. The van der Waals surface area contributed by atoms with Crippen molar-refractivity contribution < 1.29 is 5.11 Å². The number of nitrogens with one attached hydrogen (secondary N) is 1. The van der Waals surface area contributed by atoms with E-state index < -0.39 is 5.60 Å². The molecule has 1 unspecified atom stereocenters. The molecule has 0 aliphatic carbocycles. The maximum Gasteiger partial charge on any atom is 0.194 e. The lowest BCUT2D eigenvalue weighted by molar-refractivity contribution is 0.0844. The highest BCUT2D eigenvalue weighted by Crippen LogP contribution is 2.20. The largest absolute Gasteiger partial charge is 0.388 e. The number of thiazole rings is 1. The molecule has 4 nitrogen and oxygen atoms in total. The average Bonchev–Trinajstić information content (AvgIpc) is 2.76. The number of aryl methyl sites for hydroxylation is 2. The summed E-state index contributed by atoms with van der Waals surface area (Å²) in [6.07, 6.45) is 4.13. The molecule has 1 atom stereocenters. The molecule has 0 aliphatic rings. The molecule has 2 rings (SSSR count). The molecular weight excluding hydrogens is 278 g/mol. The summed E-state index contributed by atoms with van der Waals surface area (Å²) in [6, 6.07) is 0. The molecule has 0 saturated heterocycles. The van der Waals surface area contributed by atoms with Crippen molar-refractivity contribution >= 4 is 28.1 Å². The first-order valence-corrected chi connectivity index (χ1v) is 8.50. The van der Waals surface area contributed by atoms with Gasteiger partial charge in [0, 0.05) is 29.9 Å². The van der Waals surface area contributed by atoms with E-state index in [1.165, 1.54) is 10.6 Å². The van der Waals surface area contributed by atoms with Crippen molar-refractivity contribution in [2.45, 2.75) is 32.9 Å². The van der Waals surface area contributed by atoms with Crippen LogP contribution in [0.5, 0.6) is 0 Å². The molecule has 0 saturated carbocycles. The monoisotopic (exact) mass is 299 g/mol. The number of rotatable bonds is 6. The van der Waals surface area contributed by atoms with Crippen LogP contribution in [-0.2, 0) is 6.54 Å². The first kappa shape index (κ1) is 14.8. The Balaban J connectivity index is 2.03. The first-order chi connectivity index (χ1) is 8.93. The third-order valence-electron chi connectivity index (χ3n) is 2.99. The van der Waals surface area contributed by atoms with E-state index in [1.54, 1.807) is 23.1 Å². The van der Waals surface area contributed by atoms with E-state index in [1.807, 2.05) is 20.1 Å².